The van der Waals surface area contributed by atoms with Crippen LogP contribution in [0.4, 0.5) is 0 Å². The summed E-state index contributed by atoms with van der Waals surface area (Å²) < 4.78 is 32.1. The van der Waals surface area contributed by atoms with E-state index in [1.54, 1.807) is 0 Å². The van der Waals surface area contributed by atoms with E-state index in [1.165, 1.54) is 0 Å². The quantitative estimate of drug-likeness (QED) is 0.272. The van der Waals surface area contributed by atoms with E-state index >= 15 is 0 Å². The van der Waals surface area contributed by atoms with Crippen molar-refractivity contribution in [2.75, 3.05) is 38.6 Å². The van der Waals surface area contributed by atoms with Crippen molar-refractivity contribution in [3.63, 3.8) is 0 Å². The average molecular weight is 385 g/mol. The van der Waals surface area contributed by atoms with Gasteiger partial charge < -0.3 is 15.4 Å². The third-order valence-corrected chi connectivity index (χ3v) is 4.84. The molecule has 0 fully saturated rings. The number of unbranched alkanes of at least 4 members (excludes halogenated alkanes) is 1. The van der Waals surface area contributed by atoms with Crippen molar-refractivity contribution in [2.45, 2.75) is 33.2 Å². The van der Waals surface area contributed by atoms with Gasteiger partial charge in [0.1, 0.15) is 0 Å². The Labute approximate surface area is 157 Å². The molecule has 0 amide bonds. The number of aliphatic imine (C=N–C) groups is 1. The van der Waals surface area contributed by atoms with Gasteiger partial charge in [-0.25, -0.2) is 13.1 Å². The minimum absolute atomic E-state index is 0.00537. The first-order chi connectivity index (χ1) is 12.6. The largest absolute Gasteiger partial charge is 0.382 e. The van der Waals surface area contributed by atoms with Gasteiger partial charge in [-0.05, 0) is 32.3 Å². The Hall–Kier alpha value is -1.64. The fourth-order valence-electron chi connectivity index (χ4n) is 2.16. The number of hydrogen-bond donors (Lipinski definition) is 3. The van der Waals surface area contributed by atoms with Gasteiger partial charge in [0.25, 0.3) is 0 Å². The Morgan fingerprint density at radius 3 is 2.58 bits per heavy atom. The van der Waals surface area contributed by atoms with E-state index in [0.717, 1.165) is 38.2 Å². The highest BCUT2D eigenvalue weighted by molar-refractivity contribution is 7.89. The monoisotopic (exact) mass is 384 g/mol. The van der Waals surface area contributed by atoms with Gasteiger partial charge in [0.15, 0.2) is 5.96 Å². The smallest absolute Gasteiger partial charge is 0.213 e. The molecule has 1 rings (SSSR count). The molecule has 0 saturated carbocycles. The van der Waals surface area contributed by atoms with Crippen molar-refractivity contribution in [3.05, 3.63) is 35.9 Å². The molecule has 1 aromatic rings. The zero-order valence-corrected chi connectivity index (χ0v) is 16.6. The molecule has 3 N–H and O–H groups in total. The minimum atomic E-state index is -3.34. The van der Waals surface area contributed by atoms with Gasteiger partial charge >= 0.3 is 0 Å². The zero-order chi connectivity index (χ0) is 19.1. The maximum atomic E-state index is 12.1. The Morgan fingerprint density at radius 2 is 1.88 bits per heavy atom. The molecular weight excluding hydrogens is 352 g/mol. The predicted molar refractivity (Wildman–Crippen MR) is 107 cm³/mol. The number of hydrogen-bond acceptors (Lipinski definition) is 4. The van der Waals surface area contributed by atoms with Crippen LogP contribution in [0.5, 0.6) is 0 Å². The summed E-state index contributed by atoms with van der Waals surface area (Å²) in [4.78, 5) is 4.45. The van der Waals surface area contributed by atoms with Gasteiger partial charge in [-0.3, -0.25) is 4.99 Å². The second-order valence-corrected chi connectivity index (χ2v) is 7.64. The molecule has 0 radical (unpaired) electrons. The summed E-state index contributed by atoms with van der Waals surface area (Å²) >= 11 is 0. The summed E-state index contributed by atoms with van der Waals surface area (Å²) in [7, 11) is -3.34. The maximum Gasteiger partial charge on any atom is 0.213 e. The summed E-state index contributed by atoms with van der Waals surface area (Å²) in [5, 5.41) is 6.19. The molecule has 0 heterocycles. The van der Waals surface area contributed by atoms with Crippen LogP contribution in [0, 0.1) is 0 Å². The third-order valence-electron chi connectivity index (χ3n) is 3.52. The van der Waals surface area contributed by atoms with Crippen molar-refractivity contribution in [1.82, 2.24) is 15.4 Å². The van der Waals surface area contributed by atoms with Crippen molar-refractivity contribution in [3.8, 4) is 0 Å². The molecule has 0 spiro atoms. The summed E-state index contributed by atoms with van der Waals surface area (Å²) in [6.07, 6.45) is 1.90. The lowest BCUT2D eigenvalue weighted by molar-refractivity contribution is 0.144. The number of nitrogens with zero attached hydrogens (tertiary/aromatic N) is 1. The van der Waals surface area contributed by atoms with Gasteiger partial charge in [0.2, 0.25) is 10.0 Å². The zero-order valence-electron chi connectivity index (χ0n) is 15.8. The van der Waals surface area contributed by atoms with Crippen LogP contribution in [-0.4, -0.2) is 53.0 Å². The molecule has 26 heavy (non-hydrogen) atoms. The number of benzene rings is 1. The van der Waals surface area contributed by atoms with Gasteiger partial charge in [-0.1, -0.05) is 30.3 Å². The van der Waals surface area contributed by atoms with E-state index in [-0.39, 0.29) is 5.75 Å². The number of guanidine groups is 1. The summed E-state index contributed by atoms with van der Waals surface area (Å²) in [5.74, 6) is 0.636. The fraction of sp³-hybridized carbons (Fsp3) is 0.611. The van der Waals surface area contributed by atoms with E-state index in [0.29, 0.717) is 25.6 Å². The highest BCUT2D eigenvalue weighted by Gasteiger charge is 2.10. The van der Waals surface area contributed by atoms with Crippen LogP contribution < -0.4 is 15.4 Å². The number of nitrogens with one attached hydrogen (secondary N) is 3. The average Bonchev–Trinajstić information content (AvgIpc) is 2.63. The molecule has 0 aromatic heterocycles. The lowest BCUT2D eigenvalue weighted by Crippen LogP contribution is -2.41. The van der Waals surface area contributed by atoms with Crippen LogP contribution in [-0.2, 0) is 21.3 Å². The van der Waals surface area contributed by atoms with Crippen LogP contribution in [0.25, 0.3) is 0 Å². The molecule has 8 heteroatoms. The number of rotatable bonds is 13. The summed E-state index contributed by atoms with van der Waals surface area (Å²) in [6, 6.07) is 9.46. The van der Waals surface area contributed by atoms with E-state index in [9.17, 15) is 8.42 Å². The van der Waals surface area contributed by atoms with Crippen molar-refractivity contribution in [2.24, 2.45) is 4.99 Å². The second-order valence-electron chi connectivity index (χ2n) is 5.72. The normalized spacial score (nSPS) is 12.2. The molecule has 0 aliphatic carbocycles. The van der Waals surface area contributed by atoms with Gasteiger partial charge in [-0.2, -0.15) is 0 Å². The minimum Gasteiger partial charge on any atom is -0.382 e. The van der Waals surface area contributed by atoms with E-state index in [2.05, 4.69) is 20.3 Å². The standard InChI is InChI=1S/C18H32N4O3S/c1-3-19-18(20-12-8-9-14-25-4-2)21-13-15-26(23,24)22-16-17-10-6-5-7-11-17/h5-7,10-11,22H,3-4,8-9,12-16H2,1-2H3,(H2,19,20,21). The van der Waals surface area contributed by atoms with Crippen LogP contribution in [0.15, 0.2) is 35.3 Å². The lowest BCUT2D eigenvalue weighted by Gasteiger charge is -2.12. The molecule has 1 aromatic carbocycles. The van der Waals surface area contributed by atoms with E-state index in [1.807, 2.05) is 44.2 Å². The molecule has 0 unspecified atom stereocenters. The first-order valence-corrected chi connectivity index (χ1v) is 10.8. The first kappa shape index (κ1) is 22.4. The highest BCUT2D eigenvalue weighted by Crippen LogP contribution is 1.98. The van der Waals surface area contributed by atoms with Crippen LogP contribution in [0.3, 0.4) is 0 Å². The van der Waals surface area contributed by atoms with Gasteiger partial charge in [0, 0.05) is 39.4 Å². The topological polar surface area (TPSA) is 91.8 Å². The summed E-state index contributed by atoms with van der Waals surface area (Å²) in [5.41, 5.74) is 0.936. The Bertz CT molecular complexity index is 606. The van der Waals surface area contributed by atoms with Crippen molar-refractivity contribution < 1.29 is 13.2 Å². The molecule has 0 bridgehead atoms. The molecule has 0 aliphatic heterocycles. The predicted octanol–water partition coefficient (Wildman–Crippen LogP) is 1.48. The number of sulfonamides is 1. The van der Waals surface area contributed by atoms with Crippen molar-refractivity contribution in [1.29, 1.82) is 0 Å². The van der Waals surface area contributed by atoms with E-state index < -0.39 is 10.0 Å². The lowest BCUT2D eigenvalue weighted by atomic mass is 10.2. The van der Waals surface area contributed by atoms with E-state index in [4.69, 9.17) is 4.74 Å². The molecule has 0 atom stereocenters. The SMILES string of the molecule is CCNC(=NCCCCOCC)NCCS(=O)(=O)NCc1ccccc1. The number of ether oxygens (including phenoxy) is 1. The Balaban J connectivity index is 2.31. The first-order valence-electron chi connectivity index (χ1n) is 9.18. The molecule has 7 nitrogen and oxygen atoms in total. The van der Waals surface area contributed by atoms with Gasteiger partial charge in [-0.15, -0.1) is 0 Å². The van der Waals surface area contributed by atoms with Gasteiger partial charge in [0.05, 0.1) is 5.75 Å². The highest BCUT2D eigenvalue weighted by atomic mass is 32.2. The summed E-state index contributed by atoms with van der Waals surface area (Å²) in [6.45, 7) is 7.46. The Kier molecular flexibility index (Phi) is 11.7. The van der Waals surface area contributed by atoms with Crippen LogP contribution >= 0.6 is 0 Å². The van der Waals surface area contributed by atoms with Crippen LogP contribution in [0.1, 0.15) is 32.3 Å². The van der Waals surface area contributed by atoms with Crippen LogP contribution in [0.2, 0.25) is 0 Å². The second kappa shape index (κ2) is 13.5. The fourth-order valence-corrected chi connectivity index (χ4v) is 3.06. The molecule has 0 aliphatic rings. The molecule has 0 saturated heterocycles. The maximum absolute atomic E-state index is 12.1. The third kappa shape index (κ3) is 11.1. The van der Waals surface area contributed by atoms with Crippen molar-refractivity contribution >= 4 is 16.0 Å². The molecule has 148 valence electrons. The molecular formula is C18H32N4O3S. The Morgan fingerprint density at radius 1 is 1.12 bits per heavy atom.